The van der Waals surface area contributed by atoms with Crippen LogP contribution in [0.4, 0.5) is 5.69 Å². The molecule has 1 aromatic carbocycles. The van der Waals surface area contributed by atoms with Gasteiger partial charge in [-0.2, -0.15) is 5.26 Å². The highest BCUT2D eigenvalue weighted by atomic mass is 32.1. The van der Waals surface area contributed by atoms with Crippen LogP contribution in [0.15, 0.2) is 43.0 Å². The fourth-order valence-corrected chi connectivity index (χ4v) is 1.28. The Balaban J connectivity index is 2.95. The third-order valence-corrected chi connectivity index (χ3v) is 2.03. The molecule has 0 amide bonds. The number of hydrogen-bond acceptors (Lipinski definition) is 2. The second-order valence-electron chi connectivity index (χ2n) is 2.65. The summed E-state index contributed by atoms with van der Waals surface area (Å²) in [6.45, 7) is 4.18. The van der Waals surface area contributed by atoms with E-state index in [1.807, 2.05) is 36.4 Å². The van der Waals surface area contributed by atoms with Crippen LogP contribution in [0, 0.1) is 11.3 Å². The van der Waals surface area contributed by atoms with E-state index in [0.717, 1.165) is 5.69 Å². The van der Waals surface area contributed by atoms with E-state index in [4.69, 9.17) is 17.5 Å². The molecule has 0 unspecified atom stereocenters. The van der Waals surface area contributed by atoms with Crippen molar-refractivity contribution in [3.8, 4) is 6.07 Å². The number of hydrogen-bond donors (Lipinski definition) is 0. The van der Waals surface area contributed by atoms with Crippen molar-refractivity contribution in [3.63, 3.8) is 0 Å². The lowest BCUT2D eigenvalue weighted by Crippen LogP contribution is -2.27. The van der Waals surface area contributed by atoms with Gasteiger partial charge in [-0.3, -0.25) is 0 Å². The monoisotopic (exact) mass is 202 g/mol. The van der Waals surface area contributed by atoms with E-state index >= 15 is 0 Å². The number of rotatable bonds is 3. The molecule has 0 radical (unpaired) electrons. The zero-order valence-corrected chi connectivity index (χ0v) is 8.50. The van der Waals surface area contributed by atoms with Crippen molar-refractivity contribution in [1.29, 1.82) is 5.26 Å². The van der Waals surface area contributed by atoms with Gasteiger partial charge in [0, 0.05) is 12.2 Å². The molecule has 0 bridgehead atoms. The second kappa shape index (κ2) is 5.15. The molecule has 0 saturated heterocycles. The van der Waals surface area contributed by atoms with Crippen molar-refractivity contribution in [2.45, 2.75) is 0 Å². The summed E-state index contributed by atoms with van der Waals surface area (Å²) in [5.41, 5.74) is 0.916. The minimum atomic E-state index is 0.260. The van der Waals surface area contributed by atoms with Crippen LogP contribution in [0.1, 0.15) is 0 Å². The maximum absolute atomic E-state index is 8.73. The maximum Gasteiger partial charge on any atom is 0.185 e. The van der Waals surface area contributed by atoms with E-state index < -0.39 is 0 Å². The van der Waals surface area contributed by atoms with Gasteiger partial charge >= 0.3 is 0 Å². The SMILES string of the molecule is C=CCN(C(=S)C#N)c1ccccc1. The van der Waals surface area contributed by atoms with Crippen LogP contribution in [0.2, 0.25) is 0 Å². The average molecular weight is 202 g/mol. The molecule has 0 saturated carbocycles. The molecule has 70 valence electrons. The van der Waals surface area contributed by atoms with Gasteiger partial charge in [-0.25, -0.2) is 0 Å². The largest absolute Gasteiger partial charge is 0.320 e. The molecule has 0 spiro atoms. The number of benzene rings is 1. The van der Waals surface area contributed by atoms with E-state index in [2.05, 4.69) is 6.58 Å². The zero-order valence-electron chi connectivity index (χ0n) is 7.68. The Morgan fingerprint density at radius 2 is 2.14 bits per heavy atom. The summed E-state index contributed by atoms with van der Waals surface area (Å²) in [6.07, 6.45) is 1.72. The minimum Gasteiger partial charge on any atom is -0.320 e. The molecule has 1 aromatic rings. The fraction of sp³-hybridized carbons (Fsp3) is 0.0909. The van der Waals surface area contributed by atoms with E-state index in [9.17, 15) is 0 Å². The van der Waals surface area contributed by atoms with Crippen LogP contribution < -0.4 is 4.90 Å². The van der Waals surface area contributed by atoms with E-state index in [1.165, 1.54) is 0 Å². The molecule has 0 aliphatic carbocycles. The summed E-state index contributed by atoms with van der Waals surface area (Å²) < 4.78 is 0. The molecule has 0 fully saturated rings. The molecule has 0 atom stereocenters. The topological polar surface area (TPSA) is 27.0 Å². The molecular weight excluding hydrogens is 192 g/mol. The molecule has 0 N–H and O–H groups in total. The summed E-state index contributed by atoms with van der Waals surface area (Å²) in [6, 6.07) is 11.5. The maximum atomic E-state index is 8.73. The van der Waals surface area contributed by atoms with Crippen molar-refractivity contribution in [2.75, 3.05) is 11.4 Å². The first kappa shape index (κ1) is 10.4. The Morgan fingerprint density at radius 1 is 1.50 bits per heavy atom. The Kier molecular flexibility index (Phi) is 3.84. The van der Waals surface area contributed by atoms with Gasteiger partial charge in [-0.05, 0) is 24.4 Å². The standard InChI is InChI=1S/C11H10N2S/c1-2-8-13(11(14)9-12)10-6-4-3-5-7-10/h2-7H,1,8H2. The first-order valence-corrected chi connectivity index (χ1v) is 4.58. The van der Waals surface area contributed by atoms with Crippen molar-refractivity contribution < 1.29 is 0 Å². The molecule has 3 heteroatoms. The van der Waals surface area contributed by atoms with Crippen molar-refractivity contribution in [2.24, 2.45) is 0 Å². The normalized spacial score (nSPS) is 8.79. The van der Waals surface area contributed by atoms with Crippen LogP contribution in [-0.4, -0.2) is 11.5 Å². The molecule has 0 heterocycles. The third-order valence-electron chi connectivity index (χ3n) is 1.72. The number of para-hydroxylation sites is 1. The Morgan fingerprint density at radius 3 is 2.64 bits per heavy atom. The predicted octanol–water partition coefficient (Wildman–Crippen LogP) is 2.53. The fourth-order valence-electron chi connectivity index (χ4n) is 1.10. The van der Waals surface area contributed by atoms with Gasteiger partial charge in [0.25, 0.3) is 0 Å². The predicted molar refractivity (Wildman–Crippen MR) is 62.2 cm³/mol. The minimum absolute atomic E-state index is 0.260. The highest BCUT2D eigenvalue weighted by molar-refractivity contribution is 7.81. The molecule has 1 rings (SSSR count). The lowest BCUT2D eigenvalue weighted by molar-refractivity contribution is 1.16. The summed E-state index contributed by atoms with van der Waals surface area (Å²) in [5, 5.41) is 8.73. The van der Waals surface area contributed by atoms with Crippen molar-refractivity contribution in [1.82, 2.24) is 0 Å². The molecule has 0 aliphatic heterocycles. The number of nitrogens with zero attached hydrogens (tertiary/aromatic N) is 2. The zero-order chi connectivity index (χ0) is 10.4. The smallest absolute Gasteiger partial charge is 0.185 e. The van der Waals surface area contributed by atoms with Crippen LogP contribution >= 0.6 is 12.2 Å². The number of nitriles is 1. The van der Waals surface area contributed by atoms with Gasteiger partial charge in [0.15, 0.2) is 4.99 Å². The molecule has 14 heavy (non-hydrogen) atoms. The molecular formula is C11H10N2S. The van der Waals surface area contributed by atoms with Crippen LogP contribution in [0.25, 0.3) is 0 Å². The Labute approximate surface area is 89.1 Å². The second-order valence-corrected chi connectivity index (χ2v) is 3.04. The lowest BCUT2D eigenvalue weighted by Gasteiger charge is -2.19. The van der Waals surface area contributed by atoms with Gasteiger partial charge in [-0.1, -0.05) is 24.3 Å². The quantitative estimate of drug-likeness (QED) is 0.556. The Bertz CT molecular complexity index is 365. The van der Waals surface area contributed by atoms with Crippen LogP contribution in [-0.2, 0) is 0 Å². The highest BCUT2D eigenvalue weighted by Gasteiger charge is 2.08. The van der Waals surface area contributed by atoms with Crippen molar-refractivity contribution >= 4 is 22.9 Å². The summed E-state index contributed by atoms with van der Waals surface area (Å²) >= 11 is 4.94. The first-order chi connectivity index (χ1) is 6.79. The first-order valence-electron chi connectivity index (χ1n) is 4.17. The lowest BCUT2D eigenvalue weighted by atomic mass is 10.3. The van der Waals surface area contributed by atoms with E-state index in [-0.39, 0.29) is 4.99 Å². The molecule has 0 aromatic heterocycles. The highest BCUT2D eigenvalue weighted by Crippen LogP contribution is 2.13. The van der Waals surface area contributed by atoms with Gasteiger partial charge in [0.2, 0.25) is 0 Å². The van der Waals surface area contributed by atoms with Crippen LogP contribution in [0.5, 0.6) is 0 Å². The van der Waals surface area contributed by atoms with E-state index in [1.54, 1.807) is 11.0 Å². The Hall–Kier alpha value is -1.66. The summed E-state index contributed by atoms with van der Waals surface area (Å²) in [4.78, 5) is 2.00. The van der Waals surface area contributed by atoms with Gasteiger partial charge in [-0.15, -0.1) is 6.58 Å². The van der Waals surface area contributed by atoms with Gasteiger partial charge in [0.1, 0.15) is 6.07 Å². The number of anilines is 1. The third kappa shape index (κ3) is 2.41. The summed E-state index contributed by atoms with van der Waals surface area (Å²) in [5.74, 6) is 0. The van der Waals surface area contributed by atoms with Gasteiger partial charge < -0.3 is 4.90 Å². The van der Waals surface area contributed by atoms with E-state index in [0.29, 0.717) is 6.54 Å². The molecule has 0 aliphatic rings. The molecule has 2 nitrogen and oxygen atoms in total. The van der Waals surface area contributed by atoms with Crippen LogP contribution in [0.3, 0.4) is 0 Å². The summed E-state index contributed by atoms with van der Waals surface area (Å²) in [7, 11) is 0. The number of thiocarbonyl (C=S) groups is 1. The average Bonchev–Trinajstić information content (AvgIpc) is 2.26. The van der Waals surface area contributed by atoms with Gasteiger partial charge in [0.05, 0.1) is 0 Å². The van der Waals surface area contributed by atoms with Crippen molar-refractivity contribution in [3.05, 3.63) is 43.0 Å².